The topological polar surface area (TPSA) is 72.7 Å². The summed E-state index contributed by atoms with van der Waals surface area (Å²) in [5, 5.41) is 11.2. The number of hydrogen-bond donors (Lipinski definition) is 0. The Bertz CT molecular complexity index is 684. The number of carbonyl (C=O) groups excluding carboxylic acids is 1. The average Bonchev–Trinajstić information content (AvgIpc) is 2.52. The summed E-state index contributed by atoms with van der Waals surface area (Å²) in [6, 6.07) is 13.6. The second-order valence-electron chi connectivity index (χ2n) is 4.91. The first-order chi connectivity index (χ1) is 10.5. The van der Waals surface area contributed by atoms with Gasteiger partial charge in [-0.05, 0) is 17.7 Å². The van der Waals surface area contributed by atoms with Crippen molar-refractivity contribution >= 4 is 11.6 Å². The molecule has 2 rings (SSSR count). The molecule has 0 atom stereocenters. The Hall–Kier alpha value is -2.89. The molecule has 114 valence electrons. The van der Waals surface area contributed by atoms with Gasteiger partial charge in [0.25, 0.3) is 5.91 Å². The molecule has 0 aliphatic rings. The first-order valence-electron chi connectivity index (χ1n) is 6.66. The van der Waals surface area contributed by atoms with Gasteiger partial charge in [0.1, 0.15) is 6.61 Å². The van der Waals surface area contributed by atoms with E-state index in [-0.39, 0.29) is 29.5 Å². The highest BCUT2D eigenvalue weighted by atomic mass is 16.6. The monoisotopic (exact) mass is 300 g/mol. The number of hydrogen-bond acceptors (Lipinski definition) is 4. The van der Waals surface area contributed by atoms with E-state index in [9.17, 15) is 14.9 Å². The Kier molecular flexibility index (Phi) is 4.73. The van der Waals surface area contributed by atoms with Crippen molar-refractivity contribution in [1.29, 1.82) is 0 Å². The molecule has 0 saturated carbocycles. The minimum atomic E-state index is -0.549. The fourth-order valence-corrected chi connectivity index (χ4v) is 1.91. The zero-order valence-electron chi connectivity index (χ0n) is 12.4. The highest BCUT2D eigenvalue weighted by Crippen LogP contribution is 2.29. The smallest absolute Gasteiger partial charge is 0.311 e. The molecular weight excluding hydrogens is 284 g/mol. The van der Waals surface area contributed by atoms with Crippen molar-refractivity contribution in [3.05, 3.63) is 69.8 Å². The summed E-state index contributed by atoms with van der Waals surface area (Å²) in [6.07, 6.45) is 0. The molecule has 0 spiro atoms. The van der Waals surface area contributed by atoms with Crippen LogP contribution in [0.2, 0.25) is 0 Å². The Morgan fingerprint density at radius 2 is 1.86 bits per heavy atom. The third kappa shape index (κ3) is 3.60. The van der Waals surface area contributed by atoms with Crippen LogP contribution in [-0.4, -0.2) is 29.8 Å². The normalized spacial score (nSPS) is 10.1. The van der Waals surface area contributed by atoms with Crippen molar-refractivity contribution in [2.75, 3.05) is 14.1 Å². The number of nitro groups is 1. The predicted molar refractivity (Wildman–Crippen MR) is 81.9 cm³/mol. The maximum atomic E-state index is 11.9. The van der Waals surface area contributed by atoms with Crippen LogP contribution in [0.1, 0.15) is 15.9 Å². The van der Waals surface area contributed by atoms with Crippen LogP contribution in [0.25, 0.3) is 0 Å². The molecule has 0 aliphatic heterocycles. The standard InChI is InChI=1S/C16H16N2O4/c1-17(2)16(19)13-8-9-15(14(10-13)18(20)21)22-11-12-6-4-3-5-7-12/h3-10H,11H2,1-2H3. The van der Waals surface area contributed by atoms with Gasteiger partial charge in [-0.25, -0.2) is 0 Å². The molecular formula is C16H16N2O4. The summed E-state index contributed by atoms with van der Waals surface area (Å²) in [6.45, 7) is 0.225. The summed E-state index contributed by atoms with van der Waals surface area (Å²) in [5.41, 5.74) is 0.942. The van der Waals surface area contributed by atoms with E-state index in [2.05, 4.69) is 0 Å². The fraction of sp³-hybridized carbons (Fsp3) is 0.188. The first kappa shape index (κ1) is 15.5. The lowest BCUT2D eigenvalue weighted by Crippen LogP contribution is -2.21. The van der Waals surface area contributed by atoms with Gasteiger partial charge in [0, 0.05) is 25.7 Å². The largest absolute Gasteiger partial charge is 0.482 e. The molecule has 0 aromatic heterocycles. The van der Waals surface area contributed by atoms with Crippen LogP contribution in [0, 0.1) is 10.1 Å². The van der Waals surface area contributed by atoms with Gasteiger partial charge in [0.2, 0.25) is 0 Å². The minimum absolute atomic E-state index is 0.143. The molecule has 0 bridgehead atoms. The zero-order chi connectivity index (χ0) is 16.1. The number of nitro benzene ring substituents is 1. The van der Waals surface area contributed by atoms with Crippen LogP contribution in [0.3, 0.4) is 0 Å². The van der Waals surface area contributed by atoms with E-state index in [1.807, 2.05) is 30.3 Å². The molecule has 1 amide bonds. The first-order valence-corrected chi connectivity index (χ1v) is 6.66. The van der Waals surface area contributed by atoms with Gasteiger partial charge in [-0.15, -0.1) is 0 Å². The van der Waals surface area contributed by atoms with Crippen molar-refractivity contribution in [1.82, 2.24) is 4.90 Å². The van der Waals surface area contributed by atoms with Crippen molar-refractivity contribution in [3.8, 4) is 5.75 Å². The summed E-state index contributed by atoms with van der Waals surface area (Å²) in [4.78, 5) is 23.9. The van der Waals surface area contributed by atoms with Gasteiger partial charge in [-0.1, -0.05) is 30.3 Å². The van der Waals surface area contributed by atoms with Crippen LogP contribution >= 0.6 is 0 Å². The highest BCUT2D eigenvalue weighted by molar-refractivity contribution is 5.94. The lowest BCUT2D eigenvalue weighted by Gasteiger charge is -2.11. The summed E-state index contributed by atoms with van der Waals surface area (Å²) >= 11 is 0. The van der Waals surface area contributed by atoms with E-state index in [0.717, 1.165) is 5.56 Å². The number of rotatable bonds is 5. The maximum absolute atomic E-state index is 11.9. The minimum Gasteiger partial charge on any atom is -0.482 e. The molecule has 2 aromatic carbocycles. The lowest BCUT2D eigenvalue weighted by atomic mass is 10.1. The zero-order valence-corrected chi connectivity index (χ0v) is 12.4. The summed E-state index contributed by atoms with van der Waals surface area (Å²) < 4.78 is 5.51. The second-order valence-corrected chi connectivity index (χ2v) is 4.91. The number of carbonyl (C=O) groups is 1. The van der Waals surface area contributed by atoms with Crippen LogP contribution in [-0.2, 0) is 6.61 Å². The van der Waals surface area contributed by atoms with Crippen LogP contribution in [0.5, 0.6) is 5.75 Å². The van der Waals surface area contributed by atoms with Crippen molar-refractivity contribution in [2.45, 2.75) is 6.61 Å². The van der Waals surface area contributed by atoms with Crippen LogP contribution in [0.15, 0.2) is 48.5 Å². The van der Waals surface area contributed by atoms with Gasteiger partial charge in [0.05, 0.1) is 4.92 Å². The second kappa shape index (κ2) is 6.71. The van der Waals surface area contributed by atoms with Crippen molar-refractivity contribution < 1.29 is 14.5 Å². The molecule has 0 heterocycles. The van der Waals surface area contributed by atoms with Gasteiger partial charge in [0.15, 0.2) is 5.75 Å². The van der Waals surface area contributed by atoms with Gasteiger partial charge in [-0.3, -0.25) is 14.9 Å². The lowest BCUT2D eigenvalue weighted by molar-refractivity contribution is -0.386. The summed E-state index contributed by atoms with van der Waals surface area (Å²) in [7, 11) is 3.18. The molecule has 0 radical (unpaired) electrons. The molecule has 0 unspecified atom stereocenters. The molecule has 6 heteroatoms. The maximum Gasteiger partial charge on any atom is 0.311 e. The SMILES string of the molecule is CN(C)C(=O)c1ccc(OCc2ccccc2)c([N+](=O)[O-])c1. The average molecular weight is 300 g/mol. The Morgan fingerprint density at radius 3 is 2.45 bits per heavy atom. The van der Waals surface area contributed by atoms with E-state index in [0.29, 0.717) is 0 Å². The number of ether oxygens (including phenoxy) is 1. The van der Waals surface area contributed by atoms with E-state index >= 15 is 0 Å². The van der Waals surface area contributed by atoms with Crippen molar-refractivity contribution in [3.63, 3.8) is 0 Å². The number of amides is 1. The Labute approximate surface area is 128 Å². The molecule has 22 heavy (non-hydrogen) atoms. The fourth-order valence-electron chi connectivity index (χ4n) is 1.91. The highest BCUT2D eigenvalue weighted by Gasteiger charge is 2.19. The van der Waals surface area contributed by atoms with E-state index in [4.69, 9.17) is 4.74 Å². The molecule has 0 saturated heterocycles. The quantitative estimate of drug-likeness (QED) is 0.628. The molecule has 0 aliphatic carbocycles. The van der Waals surface area contributed by atoms with Crippen molar-refractivity contribution in [2.24, 2.45) is 0 Å². The van der Waals surface area contributed by atoms with E-state index < -0.39 is 4.92 Å². The van der Waals surface area contributed by atoms with Gasteiger partial charge < -0.3 is 9.64 Å². The van der Waals surface area contributed by atoms with E-state index in [1.54, 1.807) is 14.1 Å². The third-order valence-corrected chi connectivity index (χ3v) is 3.05. The summed E-state index contributed by atoms with van der Waals surface area (Å²) in [5.74, 6) is -0.151. The molecule has 6 nitrogen and oxygen atoms in total. The Morgan fingerprint density at radius 1 is 1.18 bits per heavy atom. The van der Waals surface area contributed by atoms with E-state index in [1.165, 1.54) is 23.1 Å². The number of benzene rings is 2. The molecule has 0 fully saturated rings. The molecule has 2 aromatic rings. The molecule has 0 N–H and O–H groups in total. The predicted octanol–water partition coefficient (Wildman–Crippen LogP) is 2.88. The van der Waals surface area contributed by atoms with Crippen LogP contribution in [0.4, 0.5) is 5.69 Å². The Balaban J connectivity index is 2.24. The van der Waals surface area contributed by atoms with Gasteiger partial charge >= 0.3 is 5.69 Å². The van der Waals surface area contributed by atoms with Crippen LogP contribution < -0.4 is 4.74 Å². The number of nitrogens with zero attached hydrogens (tertiary/aromatic N) is 2. The third-order valence-electron chi connectivity index (χ3n) is 3.05. The van der Waals surface area contributed by atoms with Gasteiger partial charge in [-0.2, -0.15) is 0 Å².